The van der Waals surface area contributed by atoms with Gasteiger partial charge in [0.1, 0.15) is 6.16 Å². The number of hydrogen-bond donors (Lipinski definition) is 2. The summed E-state index contributed by atoms with van der Waals surface area (Å²) in [5.41, 5.74) is 0.806. The highest BCUT2D eigenvalue weighted by Crippen LogP contribution is 2.37. The molecule has 5 heteroatoms. The van der Waals surface area contributed by atoms with Gasteiger partial charge in [-0.3, -0.25) is 9.36 Å². The Hall–Kier alpha value is -0.960. The molecule has 0 unspecified atom stereocenters. The van der Waals surface area contributed by atoms with Crippen LogP contribution in [0.1, 0.15) is 25.3 Å². The van der Waals surface area contributed by atoms with Crippen molar-refractivity contribution < 1.29 is 19.1 Å². The predicted octanol–water partition coefficient (Wildman–Crippen LogP) is 2.17. The van der Waals surface area contributed by atoms with Crippen molar-refractivity contribution in [2.24, 2.45) is 5.92 Å². The molecule has 17 heavy (non-hydrogen) atoms. The third kappa shape index (κ3) is 4.43. The predicted molar refractivity (Wildman–Crippen MR) is 65.9 cm³/mol. The van der Waals surface area contributed by atoms with Crippen LogP contribution in [0.3, 0.4) is 0 Å². The van der Waals surface area contributed by atoms with E-state index >= 15 is 0 Å². The topological polar surface area (TPSA) is 74.6 Å². The van der Waals surface area contributed by atoms with E-state index in [2.05, 4.69) is 0 Å². The summed E-state index contributed by atoms with van der Waals surface area (Å²) in [6.07, 6.45) is -0.690. The summed E-state index contributed by atoms with van der Waals surface area (Å²) >= 11 is 0. The average Bonchev–Trinajstić information content (AvgIpc) is 2.15. The maximum absolute atomic E-state index is 11.9. The van der Waals surface area contributed by atoms with Crippen molar-refractivity contribution in [3.8, 4) is 0 Å². The first-order valence-corrected chi connectivity index (χ1v) is 7.23. The van der Waals surface area contributed by atoms with Gasteiger partial charge >= 0.3 is 7.60 Å². The second kappa shape index (κ2) is 5.58. The van der Waals surface area contributed by atoms with Gasteiger partial charge in [-0.1, -0.05) is 44.2 Å². The van der Waals surface area contributed by atoms with Crippen LogP contribution in [-0.2, 0) is 9.36 Å². The van der Waals surface area contributed by atoms with Gasteiger partial charge in [0.25, 0.3) is 0 Å². The summed E-state index contributed by atoms with van der Waals surface area (Å²) in [5.74, 6) is -0.847. The van der Waals surface area contributed by atoms with E-state index in [4.69, 9.17) is 9.79 Å². The number of Topliss-reactive ketones (excluding diaryl/α,β-unsaturated/α-hetero) is 1. The third-order valence-corrected chi connectivity index (χ3v) is 3.26. The SMILES string of the molecule is CC(C)[C@H](C(=O)CP(=O)(O)O)c1ccccc1. The summed E-state index contributed by atoms with van der Waals surface area (Å²) in [6.45, 7) is 3.74. The number of hydrogen-bond acceptors (Lipinski definition) is 2. The minimum absolute atomic E-state index is 0.0106. The molecule has 0 radical (unpaired) electrons. The van der Waals surface area contributed by atoms with E-state index in [1.165, 1.54) is 0 Å². The molecule has 0 spiro atoms. The molecular formula is C12H17O4P. The van der Waals surface area contributed by atoms with Crippen molar-refractivity contribution in [1.82, 2.24) is 0 Å². The fourth-order valence-electron chi connectivity index (χ4n) is 1.90. The van der Waals surface area contributed by atoms with Crippen LogP contribution in [-0.4, -0.2) is 21.7 Å². The van der Waals surface area contributed by atoms with E-state index in [0.29, 0.717) is 0 Å². The second-order valence-electron chi connectivity index (χ2n) is 4.42. The lowest BCUT2D eigenvalue weighted by Crippen LogP contribution is -2.21. The van der Waals surface area contributed by atoms with Crippen LogP contribution in [0, 0.1) is 5.92 Å². The Morgan fingerprint density at radius 1 is 1.24 bits per heavy atom. The highest BCUT2D eigenvalue weighted by Gasteiger charge is 2.29. The number of carbonyl (C=O) groups is 1. The largest absolute Gasteiger partial charge is 0.332 e. The Morgan fingerprint density at radius 3 is 2.18 bits per heavy atom. The van der Waals surface area contributed by atoms with Crippen molar-refractivity contribution in [1.29, 1.82) is 0 Å². The zero-order chi connectivity index (χ0) is 13.1. The zero-order valence-corrected chi connectivity index (χ0v) is 10.8. The van der Waals surface area contributed by atoms with E-state index in [0.717, 1.165) is 5.56 Å². The van der Waals surface area contributed by atoms with Crippen molar-refractivity contribution in [3.63, 3.8) is 0 Å². The Labute approximate surface area is 101 Å². The zero-order valence-electron chi connectivity index (χ0n) is 9.91. The van der Waals surface area contributed by atoms with Crippen LogP contribution in [0.15, 0.2) is 30.3 Å². The van der Waals surface area contributed by atoms with Crippen molar-refractivity contribution in [2.45, 2.75) is 19.8 Å². The van der Waals surface area contributed by atoms with Gasteiger partial charge in [0.05, 0.1) is 0 Å². The monoisotopic (exact) mass is 256 g/mol. The molecule has 2 N–H and O–H groups in total. The van der Waals surface area contributed by atoms with Crippen molar-refractivity contribution >= 4 is 13.4 Å². The normalized spacial score (nSPS) is 13.7. The summed E-state index contributed by atoms with van der Waals surface area (Å²) in [7, 11) is -4.29. The molecule has 0 saturated carbocycles. The fraction of sp³-hybridized carbons (Fsp3) is 0.417. The molecule has 1 rings (SSSR count). The Balaban J connectivity index is 2.95. The van der Waals surface area contributed by atoms with Gasteiger partial charge in [0, 0.05) is 5.92 Å². The number of ketones is 1. The van der Waals surface area contributed by atoms with E-state index in [1.807, 2.05) is 44.2 Å². The summed E-state index contributed by atoms with van der Waals surface area (Å²) in [4.78, 5) is 29.6. The second-order valence-corrected chi connectivity index (χ2v) is 6.07. The quantitative estimate of drug-likeness (QED) is 0.792. The number of carbonyl (C=O) groups excluding carboxylic acids is 1. The van der Waals surface area contributed by atoms with Gasteiger partial charge in [-0.15, -0.1) is 0 Å². The van der Waals surface area contributed by atoms with Gasteiger partial charge < -0.3 is 9.79 Å². The van der Waals surface area contributed by atoms with Crippen LogP contribution in [0.4, 0.5) is 0 Å². The van der Waals surface area contributed by atoms with Gasteiger partial charge in [-0.2, -0.15) is 0 Å². The maximum atomic E-state index is 11.9. The molecule has 1 aromatic carbocycles. The van der Waals surface area contributed by atoms with E-state index in [9.17, 15) is 9.36 Å². The van der Waals surface area contributed by atoms with Gasteiger partial charge in [-0.25, -0.2) is 0 Å². The van der Waals surface area contributed by atoms with E-state index in [1.54, 1.807) is 0 Å². The van der Waals surface area contributed by atoms with Crippen LogP contribution in [0.2, 0.25) is 0 Å². The molecule has 0 saturated heterocycles. The molecule has 0 aromatic heterocycles. The van der Waals surface area contributed by atoms with Crippen LogP contribution in [0.5, 0.6) is 0 Å². The Morgan fingerprint density at radius 2 is 1.76 bits per heavy atom. The Bertz CT molecular complexity index is 421. The Kier molecular flexibility index (Phi) is 4.63. The van der Waals surface area contributed by atoms with E-state index < -0.39 is 25.5 Å². The maximum Gasteiger partial charge on any atom is 0.332 e. The van der Waals surface area contributed by atoms with E-state index in [-0.39, 0.29) is 5.92 Å². The molecule has 0 aliphatic rings. The highest BCUT2D eigenvalue weighted by atomic mass is 31.2. The molecule has 1 aromatic rings. The smallest absolute Gasteiger partial charge is 0.324 e. The van der Waals surface area contributed by atoms with Crippen molar-refractivity contribution in [3.05, 3.63) is 35.9 Å². The fourth-order valence-corrected chi connectivity index (χ4v) is 2.51. The molecule has 1 atom stereocenters. The van der Waals surface area contributed by atoms with Crippen LogP contribution in [0.25, 0.3) is 0 Å². The first kappa shape index (κ1) is 14.1. The lowest BCUT2D eigenvalue weighted by atomic mass is 9.85. The lowest BCUT2D eigenvalue weighted by molar-refractivity contribution is -0.119. The molecule has 0 aliphatic carbocycles. The molecule has 0 aliphatic heterocycles. The van der Waals surface area contributed by atoms with Gasteiger partial charge in [0.15, 0.2) is 5.78 Å². The average molecular weight is 256 g/mol. The van der Waals surface area contributed by atoms with Gasteiger partial charge in [0.2, 0.25) is 0 Å². The lowest BCUT2D eigenvalue weighted by Gasteiger charge is -2.20. The highest BCUT2D eigenvalue weighted by molar-refractivity contribution is 7.52. The van der Waals surface area contributed by atoms with Crippen molar-refractivity contribution in [2.75, 3.05) is 6.16 Å². The molecular weight excluding hydrogens is 239 g/mol. The standard InChI is InChI=1S/C12H17O4P/c1-9(2)12(10-6-4-3-5-7-10)11(13)8-17(14,15)16/h3-7,9,12H,8H2,1-2H3,(H2,14,15,16)/t12-/m0/s1. The first-order chi connectivity index (χ1) is 7.81. The molecule has 0 heterocycles. The minimum atomic E-state index is -4.29. The first-order valence-electron chi connectivity index (χ1n) is 5.43. The minimum Gasteiger partial charge on any atom is -0.324 e. The van der Waals surface area contributed by atoms with Crippen LogP contribution >= 0.6 is 7.60 Å². The number of rotatable bonds is 5. The van der Waals surface area contributed by atoms with Crippen LogP contribution < -0.4 is 0 Å². The summed E-state index contributed by atoms with van der Waals surface area (Å²) in [5, 5.41) is 0. The molecule has 0 bridgehead atoms. The number of benzene rings is 1. The summed E-state index contributed by atoms with van der Waals surface area (Å²) < 4.78 is 10.9. The summed E-state index contributed by atoms with van der Waals surface area (Å²) in [6, 6.07) is 9.09. The molecule has 0 fully saturated rings. The molecule has 0 amide bonds. The third-order valence-electron chi connectivity index (χ3n) is 2.53. The van der Waals surface area contributed by atoms with Gasteiger partial charge in [-0.05, 0) is 11.5 Å². The molecule has 94 valence electrons. The molecule has 4 nitrogen and oxygen atoms in total.